The number of aromatic amines is 1. The lowest BCUT2D eigenvalue weighted by Crippen LogP contribution is -2.23. The third-order valence-corrected chi connectivity index (χ3v) is 2.40. The van der Waals surface area contributed by atoms with Crippen LogP contribution >= 0.6 is 0 Å². The van der Waals surface area contributed by atoms with Crippen LogP contribution in [0.3, 0.4) is 0 Å². The second-order valence-electron chi connectivity index (χ2n) is 4.06. The predicted molar refractivity (Wildman–Crippen MR) is 73.1 cm³/mol. The minimum Gasteiger partial charge on any atom is -0.345 e. The standard InChI is InChI=1S/C14H19N3O/c1-5-7-11-12(8-6-2)17-13(16-11)9-15-14(18)10(3)4/h5-6H,1-3,7-9H2,4H3,(H,15,18)(H,16,17). The Morgan fingerprint density at radius 1 is 1.39 bits per heavy atom. The number of H-pyrrole nitrogens is 1. The molecule has 0 aromatic carbocycles. The van der Waals surface area contributed by atoms with Crippen molar-refractivity contribution in [3.63, 3.8) is 0 Å². The smallest absolute Gasteiger partial charge is 0.246 e. The fourth-order valence-electron chi connectivity index (χ4n) is 1.52. The summed E-state index contributed by atoms with van der Waals surface area (Å²) in [4.78, 5) is 19.0. The first kappa shape index (κ1) is 14.0. The average molecular weight is 245 g/mol. The van der Waals surface area contributed by atoms with E-state index in [1.807, 2.05) is 6.08 Å². The lowest BCUT2D eigenvalue weighted by Gasteiger charge is -2.01. The number of carbonyl (C=O) groups excluding carboxylic acids is 1. The third kappa shape index (κ3) is 3.73. The van der Waals surface area contributed by atoms with Crippen molar-refractivity contribution < 1.29 is 4.79 Å². The molecule has 0 fully saturated rings. The quantitative estimate of drug-likeness (QED) is 0.570. The summed E-state index contributed by atoms with van der Waals surface area (Å²) >= 11 is 0. The second kappa shape index (κ2) is 6.59. The zero-order valence-corrected chi connectivity index (χ0v) is 10.8. The van der Waals surface area contributed by atoms with Crippen molar-refractivity contribution in [3.05, 3.63) is 54.7 Å². The zero-order chi connectivity index (χ0) is 13.5. The van der Waals surface area contributed by atoms with E-state index in [0.29, 0.717) is 18.5 Å². The lowest BCUT2D eigenvalue weighted by atomic mass is 10.2. The number of aromatic nitrogens is 2. The highest BCUT2D eigenvalue weighted by Crippen LogP contribution is 2.09. The van der Waals surface area contributed by atoms with Gasteiger partial charge in [0.15, 0.2) is 0 Å². The van der Waals surface area contributed by atoms with E-state index in [1.165, 1.54) is 0 Å². The fourth-order valence-corrected chi connectivity index (χ4v) is 1.52. The molecule has 18 heavy (non-hydrogen) atoms. The summed E-state index contributed by atoms with van der Waals surface area (Å²) in [6.45, 7) is 13.0. The van der Waals surface area contributed by atoms with E-state index in [1.54, 1.807) is 13.0 Å². The number of amides is 1. The Morgan fingerprint density at radius 3 is 2.61 bits per heavy atom. The number of nitrogens with zero attached hydrogens (tertiary/aromatic N) is 1. The van der Waals surface area contributed by atoms with E-state index in [0.717, 1.165) is 23.6 Å². The van der Waals surface area contributed by atoms with E-state index in [9.17, 15) is 4.79 Å². The first-order valence-corrected chi connectivity index (χ1v) is 5.80. The number of hydrogen-bond acceptors (Lipinski definition) is 2. The number of nitrogens with one attached hydrogen (secondary N) is 2. The molecule has 2 N–H and O–H groups in total. The number of allylic oxidation sites excluding steroid dienone is 2. The monoisotopic (exact) mass is 245 g/mol. The van der Waals surface area contributed by atoms with Crippen LogP contribution in [-0.2, 0) is 24.2 Å². The maximum atomic E-state index is 11.4. The van der Waals surface area contributed by atoms with E-state index < -0.39 is 0 Å². The SMILES string of the molecule is C=CCc1nc(CNC(=O)C(=C)C)[nH]c1CC=C. The van der Waals surface area contributed by atoms with Gasteiger partial charge in [0.25, 0.3) is 0 Å². The van der Waals surface area contributed by atoms with Gasteiger partial charge in [-0.3, -0.25) is 4.79 Å². The molecule has 1 amide bonds. The molecule has 0 aliphatic heterocycles. The number of rotatable bonds is 7. The summed E-state index contributed by atoms with van der Waals surface area (Å²) in [5, 5.41) is 2.74. The van der Waals surface area contributed by atoms with Gasteiger partial charge in [-0.25, -0.2) is 4.98 Å². The van der Waals surface area contributed by atoms with Crippen LogP contribution in [0.15, 0.2) is 37.5 Å². The maximum Gasteiger partial charge on any atom is 0.246 e. The van der Waals surface area contributed by atoms with E-state index in [2.05, 4.69) is 35.0 Å². The summed E-state index contributed by atoms with van der Waals surface area (Å²) < 4.78 is 0. The van der Waals surface area contributed by atoms with Gasteiger partial charge in [-0.05, 0) is 6.92 Å². The first-order chi connectivity index (χ1) is 8.58. The van der Waals surface area contributed by atoms with Crippen LogP contribution < -0.4 is 5.32 Å². The molecule has 0 aliphatic carbocycles. The summed E-state index contributed by atoms with van der Waals surface area (Å²) in [5.74, 6) is 0.570. The number of imidazole rings is 1. The van der Waals surface area contributed by atoms with Crippen molar-refractivity contribution in [2.24, 2.45) is 0 Å². The van der Waals surface area contributed by atoms with Crippen LogP contribution in [0.25, 0.3) is 0 Å². The highest BCUT2D eigenvalue weighted by atomic mass is 16.1. The molecule has 0 saturated carbocycles. The zero-order valence-electron chi connectivity index (χ0n) is 10.8. The van der Waals surface area contributed by atoms with Gasteiger partial charge in [0.2, 0.25) is 5.91 Å². The molecule has 0 atom stereocenters. The van der Waals surface area contributed by atoms with Crippen molar-refractivity contribution in [3.8, 4) is 0 Å². The summed E-state index contributed by atoms with van der Waals surface area (Å²) in [6, 6.07) is 0. The molecule has 0 unspecified atom stereocenters. The summed E-state index contributed by atoms with van der Waals surface area (Å²) in [7, 11) is 0. The van der Waals surface area contributed by atoms with E-state index >= 15 is 0 Å². The van der Waals surface area contributed by atoms with Gasteiger partial charge >= 0.3 is 0 Å². The fraction of sp³-hybridized carbons (Fsp3) is 0.286. The van der Waals surface area contributed by atoms with Crippen molar-refractivity contribution in [1.82, 2.24) is 15.3 Å². The molecule has 0 aliphatic rings. The molecule has 0 radical (unpaired) electrons. The van der Waals surface area contributed by atoms with Crippen molar-refractivity contribution in [2.45, 2.75) is 26.3 Å². The topological polar surface area (TPSA) is 57.8 Å². The predicted octanol–water partition coefficient (Wildman–Crippen LogP) is 2.06. The minimum absolute atomic E-state index is 0.165. The average Bonchev–Trinajstić information content (AvgIpc) is 2.70. The molecule has 96 valence electrons. The molecule has 0 spiro atoms. The molecule has 1 rings (SSSR count). The van der Waals surface area contributed by atoms with Crippen LogP contribution in [0.2, 0.25) is 0 Å². The first-order valence-electron chi connectivity index (χ1n) is 5.80. The Morgan fingerprint density at radius 2 is 2.06 bits per heavy atom. The highest BCUT2D eigenvalue weighted by Gasteiger charge is 2.09. The second-order valence-corrected chi connectivity index (χ2v) is 4.06. The van der Waals surface area contributed by atoms with Gasteiger partial charge in [0, 0.05) is 24.1 Å². The Bertz CT molecular complexity index is 444. The molecule has 0 saturated heterocycles. The van der Waals surface area contributed by atoms with E-state index in [-0.39, 0.29) is 5.91 Å². The van der Waals surface area contributed by atoms with Crippen LogP contribution in [0.5, 0.6) is 0 Å². The molecule has 4 nitrogen and oxygen atoms in total. The molecular formula is C14H19N3O. The normalized spacial score (nSPS) is 9.83. The van der Waals surface area contributed by atoms with Gasteiger partial charge < -0.3 is 10.3 Å². The molecule has 0 bridgehead atoms. The highest BCUT2D eigenvalue weighted by molar-refractivity contribution is 5.91. The largest absolute Gasteiger partial charge is 0.345 e. The number of carbonyl (C=O) groups is 1. The Kier molecular flexibility index (Phi) is 5.11. The van der Waals surface area contributed by atoms with Gasteiger partial charge in [-0.2, -0.15) is 0 Å². The maximum absolute atomic E-state index is 11.4. The Balaban J connectivity index is 2.74. The van der Waals surface area contributed by atoms with Gasteiger partial charge in [0.05, 0.1) is 12.2 Å². The molecule has 1 heterocycles. The van der Waals surface area contributed by atoms with Crippen molar-refractivity contribution in [1.29, 1.82) is 0 Å². The lowest BCUT2D eigenvalue weighted by molar-refractivity contribution is -0.117. The van der Waals surface area contributed by atoms with E-state index in [4.69, 9.17) is 0 Å². The summed E-state index contributed by atoms with van der Waals surface area (Å²) in [5.41, 5.74) is 2.45. The number of hydrogen-bond donors (Lipinski definition) is 2. The Hall–Kier alpha value is -2.10. The summed E-state index contributed by atoms with van der Waals surface area (Å²) in [6.07, 6.45) is 5.05. The molecule has 1 aromatic rings. The van der Waals surface area contributed by atoms with Gasteiger partial charge in [-0.1, -0.05) is 18.7 Å². The van der Waals surface area contributed by atoms with Crippen LogP contribution in [0.1, 0.15) is 24.1 Å². The molecule has 1 aromatic heterocycles. The van der Waals surface area contributed by atoms with Crippen LogP contribution in [-0.4, -0.2) is 15.9 Å². The van der Waals surface area contributed by atoms with Crippen molar-refractivity contribution in [2.75, 3.05) is 0 Å². The molecule has 4 heteroatoms. The van der Waals surface area contributed by atoms with Gasteiger partial charge in [0.1, 0.15) is 5.82 Å². The van der Waals surface area contributed by atoms with Gasteiger partial charge in [-0.15, -0.1) is 13.2 Å². The minimum atomic E-state index is -0.165. The van der Waals surface area contributed by atoms with Crippen molar-refractivity contribution >= 4 is 5.91 Å². The molecular weight excluding hydrogens is 226 g/mol. The van der Waals surface area contributed by atoms with Crippen LogP contribution in [0, 0.1) is 0 Å². The Labute approximate surface area is 108 Å². The van der Waals surface area contributed by atoms with Crippen LogP contribution in [0.4, 0.5) is 0 Å². The third-order valence-electron chi connectivity index (χ3n) is 2.40.